The van der Waals surface area contributed by atoms with Crippen LogP contribution >= 0.6 is 24.0 Å². The third kappa shape index (κ3) is 5.71. The van der Waals surface area contributed by atoms with E-state index in [1.54, 1.807) is 13.0 Å². The van der Waals surface area contributed by atoms with Crippen LogP contribution in [-0.4, -0.2) is 40.1 Å². The Labute approximate surface area is 182 Å². The molecule has 0 amide bonds. The maximum absolute atomic E-state index is 10.6. The summed E-state index contributed by atoms with van der Waals surface area (Å²) in [6.07, 6.45) is 4.80. The number of nitrogens with one attached hydrogen (secondary N) is 2. The smallest absolute Gasteiger partial charge is 0.191 e. The van der Waals surface area contributed by atoms with Crippen molar-refractivity contribution in [3.8, 4) is 0 Å². The number of hydrogen-bond donors (Lipinski definition) is 3. The lowest BCUT2D eigenvalue weighted by Crippen LogP contribution is -2.39. The van der Waals surface area contributed by atoms with E-state index in [0.29, 0.717) is 18.3 Å². The van der Waals surface area contributed by atoms with Gasteiger partial charge in [-0.15, -0.1) is 24.0 Å². The Kier molecular flexibility index (Phi) is 7.88. The van der Waals surface area contributed by atoms with Gasteiger partial charge < -0.3 is 24.6 Å². The van der Waals surface area contributed by atoms with Crippen molar-refractivity contribution in [2.75, 3.05) is 19.6 Å². The van der Waals surface area contributed by atoms with Crippen molar-refractivity contribution in [1.29, 1.82) is 0 Å². The highest BCUT2D eigenvalue weighted by Gasteiger charge is 2.26. The molecule has 0 aliphatic rings. The van der Waals surface area contributed by atoms with Crippen LogP contribution in [-0.2, 0) is 12.0 Å². The molecule has 0 radical (unpaired) electrons. The molecule has 0 saturated heterocycles. The molecule has 0 bridgehead atoms. The highest BCUT2D eigenvalue weighted by molar-refractivity contribution is 14.0. The van der Waals surface area contributed by atoms with E-state index in [1.165, 1.54) is 0 Å². The zero-order valence-corrected chi connectivity index (χ0v) is 18.8. The van der Waals surface area contributed by atoms with Gasteiger partial charge in [0.25, 0.3) is 0 Å². The fourth-order valence-corrected chi connectivity index (χ4v) is 2.79. The molecule has 1 unspecified atom stereocenters. The van der Waals surface area contributed by atoms with Crippen LogP contribution in [0.2, 0.25) is 0 Å². The minimum absolute atomic E-state index is 0. The molecular formula is C20H28IN5O2. The number of nitrogens with zero attached hydrogens (tertiary/aromatic N) is 3. The molecule has 1 atom stereocenters. The lowest BCUT2D eigenvalue weighted by atomic mass is 10.0. The van der Waals surface area contributed by atoms with Crippen molar-refractivity contribution in [2.45, 2.75) is 32.8 Å². The van der Waals surface area contributed by atoms with E-state index < -0.39 is 5.60 Å². The van der Waals surface area contributed by atoms with Crippen LogP contribution in [0.5, 0.6) is 0 Å². The number of halogens is 1. The first kappa shape index (κ1) is 22.2. The van der Waals surface area contributed by atoms with Gasteiger partial charge in [0.1, 0.15) is 22.8 Å². The second kappa shape index (κ2) is 9.92. The zero-order chi connectivity index (χ0) is 19.3. The van der Waals surface area contributed by atoms with E-state index in [0.717, 1.165) is 30.1 Å². The van der Waals surface area contributed by atoms with Crippen LogP contribution in [0, 0.1) is 6.92 Å². The number of imidazole rings is 1. The second-order valence-corrected chi connectivity index (χ2v) is 6.75. The van der Waals surface area contributed by atoms with Gasteiger partial charge in [-0.3, -0.25) is 0 Å². The van der Waals surface area contributed by atoms with Crippen LogP contribution in [0.3, 0.4) is 0 Å². The van der Waals surface area contributed by atoms with E-state index in [9.17, 15) is 5.11 Å². The van der Waals surface area contributed by atoms with Crippen molar-refractivity contribution in [2.24, 2.45) is 4.99 Å². The summed E-state index contributed by atoms with van der Waals surface area (Å²) in [5, 5.41) is 17.1. The molecule has 0 spiro atoms. The Morgan fingerprint density at radius 2 is 2.11 bits per heavy atom. The summed E-state index contributed by atoms with van der Waals surface area (Å²) in [7, 11) is 0. The van der Waals surface area contributed by atoms with Crippen molar-refractivity contribution >= 4 is 35.6 Å². The standard InChI is InChI=1S/C20H27N5O2.HI/c1-4-21-19(23-14-20(3,26)17-9-8-15(2)27-17)22-11-10-16-13-25-12-6-5-7-18(25)24-16;/h5-9,12-13,26H,4,10-11,14H2,1-3H3,(H2,21,22,23);1H. The number of aryl methyl sites for hydroxylation is 1. The van der Waals surface area contributed by atoms with Gasteiger partial charge >= 0.3 is 0 Å². The Morgan fingerprint density at radius 1 is 1.29 bits per heavy atom. The highest BCUT2D eigenvalue weighted by Crippen LogP contribution is 2.23. The van der Waals surface area contributed by atoms with Gasteiger partial charge in [-0.2, -0.15) is 0 Å². The van der Waals surface area contributed by atoms with Gasteiger partial charge in [0.2, 0.25) is 0 Å². The molecule has 28 heavy (non-hydrogen) atoms. The van der Waals surface area contributed by atoms with Gasteiger partial charge in [0.15, 0.2) is 5.96 Å². The monoisotopic (exact) mass is 497 g/mol. The quantitative estimate of drug-likeness (QED) is 0.266. The molecule has 0 saturated carbocycles. The number of aliphatic imine (C=N–C) groups is 1. The normalized spacial score (nSPS) is 13.8. The topological polar surface area (TPSA) is 87.1 Å². The first-order valence-corrected chi connectivity index (χ1v) is 9.22. The molecule has 3 heterocycles. The van der Waals surface area contributed by atoms with Crippen LogP contribution in [0.15, 0.2) is 52.1 Å². The van der Waals surface area contributed by atoms with Crippen molar-refractivity contribution in [1.82, 2.24) is 20.0 Å². The molecule has 7 nitrogen and oxygen atoms in total. The summed E-state index contributed by atoms with van der Waals surface area (Å²) < 4.78 is 7.55. The first-order valence-electron chi connectivity index (χ1n) is 9.22. The minimum atomic E-state index is -1.15. The van der Waals surface area contributed by atoms with Gasteiger partial charge in [0, 0.05) is 31.9 Å². The predicted octanol–water partition coefficient (Wildman–Crippen LogP) is 2.86. The van der Waals surface area contributed by atoms with E-state index in [-0.39, 0.29) is 30.5 Å². The van der Waals surface area contributed by atoms with Gasteiger partial charge in [-0.05, 0) is 45.0 Å². The number of aromatic nitrogens is 2. The lowest BCUT2D eigenvalue weighted by molar-refractivity contribution is 0.0428. The van der Waals surface area contributed by atoms with Gasteiger partial charge in [0.05, 0.1) is 12.2 Å². The van der Waals surface area contributed by atoms with Crippen LogP contribution in [0.4, 0.5) is 0 Å². The first-order chi connectivity index (χ1) is 13.0. The molecule has 0 fully saturated rings. The predicted molar refractivity (Wildman–Crippen MR) is 121 cm³/mol. The lowest BCUT2D eigenvalue weighted by Gasteiger charge is -2.19. The number of pyridine rings is 1. The molecule has 3 aromatic heterocycles. The maximum atomic E-state index is 10.6. The number of hydrogen-bond acceptors (Lipinski definition) is 4. The van der Waals surface area contributed by atoms with E-state index in [2.05, 4.69) is 20.6 Å². The molecule has 0 aliphatic heterocycles. The molecule has 152 valence electrons. The maximum Gasteiger partial charge on any atom is 0.191 e. The van der Waals surface area contributed by atoms with Gasteiger partial charge in [-0.25, -0.2) is 9.98 Å². The van der Waals surface area contributed by atoms with Gasteiger partial charge in [-0.1, -0.05) is 6.07 Å². The Hall–Kier alpha value is -2.07. The average molecular weight is 497 g/mol. The van der Waals surface area contributed by atoms with Crippen molar-refractivity contribution in [3.63, 3.8) is 0 Å². The Morgan fingerprint density at radius 3 is 2.79 bits per heavy atom. The summed E-state index contributed by atoms with van der Waals surface area (Å²) in [4.78, 5) is 9.10. The summed E-state index contributed by atoms with van der Waals surface area (Å²) in [6.45, 7) is 7.19. The van der Waals surface area contributed by atoms with E-state index >= 15 is 0 Å². The molecule has 3 rings (SSSR count). The average Bonchev–Trinajstić information content (AvgIpc) is 3.26. The van der Waals surface area contributed by atoms with Crippen molar-refractivity contribution < 1.29 is 9.52 Å². The number of guanidine groups is 1. The molecule has 3 N–H and O–H groups in total. The van der Waals surface area contributed by atoms with Crippen LogP contribution in [0.25, 0.3) is 5.65 Å². The number of aliphatic hydroxyl groups is 1. The van der Waals surface area contributed by atoms with Crippen molar-refractivity contribution in [3.05, 3.63) is 59.9 Å². The molecule has 0 aromatic carbocycles. The van der Waals surface area contributed by atoms with Crippen LogP contribution in [0.1, 0.15) is 31.1 Å². The minimum Gasteiger partial charge on any atom is -0.463 e. The second-order valence-electron chi connectivity index (χ2n) is 6.75. The summed E-state index contributed by atoms with van der Waals surface area (Å²) >= 11 is 0. The highest BCUT2D eigenvalue weighted by atomic mass is 127. The molecular weight excluding hydrogens is 469 g/mol. The fourth-order valence-electron chi connectivity index (χ4n) is 2.79. The Balaban J connectivity index is 0.00000280. The number of fused-ring (bicyclic) bond motifs is 1. The summed E-state index contributed by atoms with van der Waals surface area (Å²) in [5.74, 6) is 1.95. The SMILES string of the molecule is CCNC(=NCC(C)(O)c1ccc(C)o1)NCCc1cn2ccccc2n1.I. The molecule has 0 aliphatic carbocycles. The van der Waals surface area contributed by atoms with Crippen LogP contribution < -0.4 is 10.6 Å². The largest absolute Gasteiger partial charge is 0.463 e. The molecule has 8 heteroatoms. The van der Waals surface area contributed by atoms with E-state index in [4.69, 9.17) is 4.42 Å². The van der Waals surface area contributed by atoms with E-state index in [1.807, 2.05) is 54.9 Å². The zero-order valence-electron chi connectivity index (χ0n) is 16.5. The summed E-state index contributed by atoms with van der Waals surface area (Å²) in [6, 6.07) is 9.58. The Bertz CT molecular complexity index is 883. The third-order valence-electron chi connectivity index (χ3n) is 4.25. The fraction of sp³-hybridized carbons (Fsp3) is 0.400. The number of rotatable bonds is 7. The number of furan rings is 1. The molecule has 3 aromatic rings. The summed E-state index contributed by atoms with van der Waals surface area (Å²) in [5.41, 5.74) is 0.804. The third-order valence-corrected chi connectivity index (χ3v) is 4.25.